The van der Waals surface area contributed by atoms with Crippen LogP contribution in [-0.2, 0) is 11.2 Å². The predicted octanol–water partition coefficient (Wildman–Crippen LogP) is 3.01. The fraction of sp³-hybridized carbons (Fsp3) is 0.250. The van der Waals surface area contributed by atoms with Crippen molar-refractivity contribution in [2.24, 2.45) is 0 Å². The Labute approximate surface area is 128 Å². The molecule has 0 aliphatic carbocycles. The number of halogens is 1. The van der Waals surface area contributed by atoms with E-state index in [0.29, 0.717) is 12.3 Å². The molecule has 0 radical (unpaired) electrons. The van der Waals surface area contributed by atoms with Crippen molar-refractivity contribution in [2.45, 2.75) is 11.3 Å². The van der Waals surface area contributed by atoms with Crippen LogP contribution in [0, 0.1) is 5.82 Å². The Bertz CT molecular complexity index is 575. The first-order chi connectivity index (χ1) is 10.1. The minimum absolute atomic E-state index is 0.0558. The van der Waals surface area contributed by atoms with Crippen LogP contribution < -0.4 is 0 Å². The molecule has 5 heteroatoms. The normalized spacial score (nSPS) is 10.4. The number of hydrogen-bond acceptors (Lipinski definition) is 3. The molecule has 2 rings (SSSR count). The SMILES string of the molecule is CN(CCc1ccccn1)C(=O)CSc1ccc(F)cc1. The van der Waals surface area contributed by atoms with Gasteiger partial charge in [-0.3, -0.25) is 9.78 Å². The molecule has 3 nitrogen and oxygen atoms in total. The maximum Gasteiger partial charge on any atom is 0.232 e. The monoisotopic (exact) mass is 304 g/mol. The first-order valence-corrected chi connectivity index (χ1v) is 7.66. The summed E-state index contributed by atoms with van der Waals surface area (Å²) >= 11 is 1.41. The number of thioether (sulfide) groups is 1. The zero-order valence-electron chi connectivity index (χ0n) is 11.8. The van der Waals surface area contributed by atoms with Crippen molar-refractivity contribution in [3.8, 4) is 0 Å². The van der Waals surface area contributed by atoms with Gasteiger partial charge in [0.25, 0.3) is 0 Å². The van der Waals surface area contributed by atoms with E-state index in [4.69, 9.17) is 0 Å². The van der Waals surface area contributed by atoms with Crippen LogP contribution in [0.4, 0.5) is 4.39 Å². The lowest BCUT2D eigenvalue weighted by Crippen LogP contribution is -2.30. The van der Waals surface area contributed by atoms with E-state index in [9.17, 15) is 9.18 Å². The molecule has 0 aliphatic rings. The molecule has 0 saturated carbocycles. The predicted molar refractivity (Wildman–Crippen MR) is 82.7 cm³/mol. The van der Waals surface area contributed by atoms with Gasteiger partial charge in [-0.25, -0.2) is 4.39 Å². The zero-order valence-corrected chi connectivity index (χ0v) is 12.6. The van der Waals surface area contributed by atoms with Gasteiger partial charge < -0.3 is 4.90 Å². The number of nitrogens with zero attached hydrogens (tertiary/aromatic N) is 2. The van der Waals surface area contributed by atoms with Crippen molar-refractivity contribution in [2.75, 3.05) is 19.3 Å². The lowest BCUT2D eigenvalue weighted by atomic mass is 10.2. The first kappa shape index (κ1) is 15.5. The molecule has 0 fully saturated rings. The van der Waals surface area contributed by atoms with Crippen molar-refractivity contribution in [3.05, 3.63) is 60.2 Å². The molecule has 2 aromatic rings. The number of aromatic nitrogens is 1. The number of pyridine rings is 1. The van der Waals surface area contributed by atoms with Crippen LogP contribution in [0.25, 0.3) is 0 Å². The van der Waals surface area contributed by atoms with Crippen LogP contribution in [0.3, 0.4) is 0 Å². The summed E-state index contributed by atoms with van der Waals surface area (Å²) in [6.45, 7) is 0.639. The third-order valence-electron chi connectivity index (χ3n) is 3.03. The lowest BCUT2D eigenvalue weighted by molar-refractivity contribution is -0.127. The molecule has 1 amide bonds. The second-order valence-corrected chi connectivity index (χ2v) is 5.68. The molecule has 0 unspecified atom stereocenters. The van der Waals surface area contributed by atoms with Crippen molar-refractivity contribution in [1.82, 2.24) is 9.88 Å². The highest BCUT2D eigenvalue weighted by atomic mass is 32.2. The number of carbonyl (C=O) groups is 1. The number of carbonyl (C=O) groups excluding carboxylic acids is 1. The van der Waals surface area contributed by atoms with Gasteiger partial charge in [-0.15, -0.1) is 11.8 Å². The molecule has 0 N–H and O–H groups in total. The number of hydrogen-bond donors (Lipinski definition) is 0. The maximum absolute atomic E-state index is 12.8. The van der Waals surface area contributed by atoms with Gasteiger partial charge in [-0.05, 0) is 36.4 Å². The number of rotatable bonds is 6. The van der Waals surface area contributed by atoms with Gasteiger partial charge in [0.05, 0.1) is 5.75 Å². The lowest BCUT2D eigenvalue weighted by Gasteiger charge is -2.16. The van der Waals surface area contributed by atoms with Crippen LogP contribution in [0.1, 0.15) is 5.69 Å². The number of likely N-dealkylation sites (N-methyl/N-ethyl adjacent to an activating group) is 1. The summed E-state index contributed by atoms with van der Waals surface area (Å²) in [5, 5.41) is 0. The molecule has 0 aliphatic heterocycles. The van der Waals surface area contributed by atoms with Crippen LogP contribution in [0.2, 0.25) is 0 Å². The van der Waals surface area contributed by atoms with Crippen molar-refractivity contribution >= 4 is 17.7 Å². The highest BCUT2D eigenvalue weighted by molar-refractivity contribution is 8.00. The van der Waals surface area contributed by atoms with Crippen LogP contribution in [0.5, 0.6) is 0 Å². The molecule has 1 aromatic heterocycles. The Hall–Kier alpha value is -1.88. The topological polar surface area (TPSA) is 33.2 Å². The molecular formula is C16H17FN2OS. The van der Waals surface area contributed by atoms with E-state index in [2.05, 4.69) is 4.98 Å². The van der Waals surface area contributed by atoms with Crippen molar-refractivity contribution in [1.29, 1.82) is 0 Å². The Kier molecular flexibility index (Phi) is 5.75. The van der Waals surface area contributed by atoms with Gasteiger partial charge in [0, 0.05) is 36.8 Å². The summed E-state index contributed by atoms with van der Waals surface area (Å²) in [4.78, 5) is 18.8. The Morgan fingerprint density at radius 2 is 2.00 bits per heavy atom. The second kappa shape index (κ2) is 7.78. The van der Waals surface area contributed by atoms with E-state index in [1.165, 1.54) is 23.9 Å². The van der Waals surface area contributed by atoms with E-state index in [1.54, 1.807) is 30.3 Å². The summed E-state index contributed by atoms with van der Waals surface area (Å²) in [6, 6.07) is 11.9. The molecule has 0 saturated heterocycles. The average Bonchev–Trinajstić information content (AvgIpc) is 2.52. The quantitative estimate of drug-likeness (QED) is 0.769. The third-order valence-corrected chi connectivity index (χ3v) is 4.03. The molecule has 0 bridgehead atoms. The van der Waals surface area contributed by atoms with E-state index >= 15 is 0 Å². The highest BCUT2D eigenvalue weighted by Gasteiger charge is 2.09. The van der Waals surface area contributed by atoms with E-state index < -0.39 is 0 Å². The molecule has 21 heavy (non-hydrogen) atoms. The molecule has 1 heterocycles. The highest BCUT2D eigenvalue weighted by Crippen LogP contribution is 2.18. The smallest absolute Gasteiger partial charge is 0.232 e. The van der Waals surface area contributed by atoms with Crippen molar-refractivity contribution in [3.63, 3.8) is 0 Å². The minimum Gasteiger partial charge on any atom is -0.345 e. The van der Waals surface area contributed by atoms with Gasteiger partial charge in [0.1, 0.15) is 5.82 Å². The standard InChI is InChI=1S/C16H17FN2OS/c1-19(11-9-14-4-2-3-10-18-14)16(20)12-21-15-7-5-13(17)6-8-15/h2-8,10H,9,11-12H2,1H3. The van der Waals surface area contributed by atoms with Crippen LogP contribution >= 0.6 is 11.8 Å². The molecule has 0 atom stereocenters. The fourth-order valence-corrected chi connectivity index (χ4v) is 2.58. The average molecular weight is 304 g/mol. The first-order valence-electron chi connectivity index (χ1n) is 6.67. The van der Waals surface area contributed by atoms with Crippen LogP contribution in [-0.4, -0.2) is 35.1 Å². The number of benzene rings is 1. The summed E-state index contributed by atoms with van der Waals surface area (Å²) < 4.78 is 12.8. The molecule has 0 spiro atoms. The minimum atomic E-state index is -0.266. The Morgan fingerprint density at radius 3 is 2.67 bits per heavy atom. The van der Waals surface area contributed by atoms with Gasteiger partial charge in [0.15, 0.2) is 0 Å². The van der Waals surface area contributed by atoms with Gasteiger partial charge in [-0.2, -0.15) is 0 Å². The summed E-state index contributed by atoms with van der Waals surface area (Å²) in [7, 11) is 1.79. The molecular weight excluding hydrogens is 287 g/mol. The largest absolute Gasteiger partial charge is 0.345 e. The van der Waals surface area contributed by atoms with E-state index in [1.807, 2.05) is 18.2 Å². The summed E-state index contributed by atoms with van der Waals surface area (Å²) in [6.07, 6.45) is 2.49. The van der Waals surface area contributed by atoms with E-state index in [-0.39, 0.29) is 11.7 Å². The van der Waals surface area contributed by atoms with Gasteiger partial charge in [0.2, 0.25) is 5.91 Å². The zero-order chi connectivity index (χ0) is 15.1. The number of amides is 1. The maximum atomic E-state index is 12.8. The van der Waals surface area contributed by atoms with Crippen LogP contribution in [0.15, 0.2) is 53.6 Å². The molecule has 110 valence electrons. The van der Waals surface area contributed by atoms with Gasteiger partial charge in [-0.1, -0.05) is 6.07 Å². The summed E-state index contributed by atoms with van der Waals surface area (Å²) in [5.41, 5.74) is 0.975. The fourth-order valence-electron chi connectivity index (χ4n) is 1.74. The Morgan fingerprint density at radius 1 is 1.24 bits per heavy atom. The second-order valence-electron chi connectivity index (χ2n) is 4.63. The van der Waals surface area contributed by atoms with Gasteiger partial charge >= 0.3 is 0 Å². The third kappa shape index (κ3) is 5.19. The van der Waals surface area contributed by atoms with Crippen molar-refractivity contribution < 1.29 is 9.18 Å². The molecule has 1 aromatic carbocycles. The Balaban J connectivity index is 1.76. The summed E-state index contributed by atoms with van der Waals surface area (Å²) in [5.74, 6) is 0.142. The van der Waals surface area contributed by atoms with E-state index in [0.717, 1.165) is 17.0 Å².